The van der Waals surface area contributed by atoms with Crippen molar-refractivity contribution in [3.8, 4) is 0 Å². The average Bonchev–Trinajstić information content (AvgIpc) is 3.03. The van der Waals surface area contributed by atoms with Gasteiger partial charge in [-0.2, -0.15) is 0 Å². The van der Waals surface area contributed by atoms with Crippen LogP contribution < -0.4 is 5.32 Å². The summed E-state index contributed by atoms with van der Waals surface area (Å²) >= 11 is 1.79. The second kappa shape index (κ2) is 7.18. The standard InChI is InChI=1S/C16H28N4S/c1-13(2)17-9-16-18-14(12-21-16)10-19-6-4-8-20-7-3-5-15(20)11-19/h12-13,15,17H,3-11H2,1-2H3. The summed E-state index contributed by atoms with van der Waals surface area (Å²) in [5.74, 6) is 0. The van der Waals surface area contributed by atoms with E-state index in [4.69, 9.17) is 4.98 Å². The van der Waals surface area contributed by atoms with Crippen LogP contribution in [0.5, 0.6) is 0 Å². The molecule has 1 aromatic heterocycles. The van der Waals surface area contributed by atoms with Crippen LogP contribution in [0.1, 0.15) is 43.8 Å². The van der Waals surface area contributed by atoms with Crippen LogP contribution in [0.15, 0.2) is 5.38 Å². The van der Waals surface area contributed by atoms with Crippen LogP contribution in [0.25, 0.3) is 0 Å². The Labute approximate surface area is 132 Å². The maximum atomic E-state index is 4.79. The smallest absolute Gasteiger partial charge is 0.107 e. The Morgan fingerprint density at radius 1 is 1.33 bits per heavy atom. The summed E-state index contributed by atoms with van der Waals surface area (Å²) in [4.78, 5) is 10.1. The Hall–Kier alpha value is -0.490. The quantitative estimate of drug-likeness (QED) is 0.904. The van der Waals surface area contributed by atoms with Gasteiger partial charge in [0.2, 0.25) is 0 Å². The highest BCUT2D eigenvalue weighted by molar-refractivity contribution is 7.09. The fourth-order valence-corrected chi connectivity index (χ4v) is 4.19. The zero-order chi connectivity index (χ0) is 14.7. The summed E-state index contributed by atoms with van der Waals surface area (Å²) in [6, 6.07) is 1.32. The van der Waals surface area contributed by atoms with Crippen molar-refractivity contribution in [3.05, 3.63) is 16.1 Å². The minimum Gasteiger partial charge on any atom is -0.308 e. The van der Waals surface area contributed by atoms with Gasteiger partial charge in [0.25, 0.3) is 0 Å². The molecule has 2 saturated heterocycles. The molecular weight excluding hydrogens is 280 g/mol. The predicted octanol–water partition coefficient (Wildman–Crippen LogP) is 2.31. The maximum absolute atomic E-state index is 4.79. The zero-order valence-electron chi connectivity index (χ0n) is 13.3. The van der Waals surface area contributed by atoms with Crippen molar-refractivity contribution < 1.29 is 0 Å². The lowest BCUT2D eigenvalue weighted by molar-refractivity contribution is 0.214. The first-order valence-electron chi connectivity index (χ1n) is 8.34. The van der Waals surface area contributed by atoms with Crippen LogP contribution in [-0.4, -0.2) is 53.0 Å². The molecule has 0 saturated carbocycles. The molecule has 0 radical (unpaired) electrons. The van der Waals surface area contributed by atoms with Gasteiger partial charge in [-0.15, -0.1) is 11.3 Å². The van der Waals surface area contributed by atoms with E-state index in [1.54, 1.807) is 11.3 Å². The van der Waals surface area contributed by atoms with Crippen LogP contribution in [-0.2, 0) is 13.1 Å². The fraction of sp³-hybridized carbons (Fsp3) is 0.812. The second-order valence-electron chi connectivity index (χ2n) is 6.69. The van der Waals surface area contributed by atoms with Gasteiger partial charge >= 0.3 is 0 Å². The van der Waals surface area contributed by atoms with Gasteiger partial charge in [-0.3, -0.25) is 9.80 Å². The lowest BCUT2D eigenvalue weighted by atomic mass is 10.2. The van der Waals surface area contributed by atoms with Crippen molar-refractivity contribution in [1.29, 1.82) is 0 Å². The number of aromatic nitrogens is 1. The number of thiazole rings is 1. The summed E-state index contributed by atoms with van der Waals surface area (Å²) in [6.07, 6.45) is 4.08. The largest absolute Gasteiger partial charge is 0.308 e. The summed E-state index contributed by atoms with van der Waals surface area (Å²) in [5.41, 5.74) is 1.26. The molecule has 2 aliphatic rings. The molecule has 0 aliphatic carbocycles. The molecule has 1 aromatic rings. The van der Waals surface area contributed by atoms with Gasteiger partial charge in [-0.25, -0.2) is 4.98 Å². The third-order valence-electron chi connectivity index (χ3n) is 4.53. The first kappa shape index (κ1) is 15.4. The minimum absolute atomic E-state index is 0.524. The van der Waals surface area contributed by atoms with Crippen LogP contribution in [0.4, 0.5) is 0 Å². The number of fused-ring (bicyclic) bond motifs is 1. The number of hydrogen-bond donors (Lipinski definition) is 1. The molecule has 1 N–H and O–H groups in total. The molecule has 2 fully saturated rings. The molecule has 0 aromatic carbocycles. The normalized spacial score (nSPS) is 24.4. The Bertz CT molecular complexity index is 445. The van der Waals surface area contributed by atoms with Crippen molar-refractivity contribution in [2.45, 2.75) is 58.3 Å². The highest BCUT2D eigenvalue weighted by atomic mass is 32.1. The number of rotatable bonds is 5. The molecule has 21 heavy (non-hydrogen) atoms. The van der Waals surface area contributed by atoms with Gasteiger partial charge in [-0.1, -0.05) is 13.8 Å². The molecule has 0 spiro atoms. The SMILES string of the molecule is CC(C)NCc1nc(CN2CCCN3CCCC3C2)cs1. The lowest BCUT2D eigenvalue weighted by Gasteiger charge is -2.24. The molecular formula is C16H28N4S. The van der Waals surface area contributed by atoms with Crippen LogP contribution >= 0.6 is 11.3 Å². The highest BCUT2D eigenvalue weighted by Crippen LogP contribution is 2.22. The average molecular weight is 308 g/mol. The van der Waals surface area contributed by atoms with E-state index in [1.807, 2.05) is 0 Å². The topological polar surface area (TPSA) is 31.4 Å². The first-order valence-corrected chi connectivity index (χ1v) is 9.22. The van der Waals surface area contributed by atoms with Crippen molar-refractivity contribution in [3.63, 3.8) is 0 Å². The molecule has 0 amide bonds. The van der Waals surface area contributed by atoms with E-state index in [2.05, 4.69) is 34.3 Å². The van der Waals surface area contributed by atoms with Gasteiger partial charge < -0.3 is 5.32 Å². The first-order chi connectivity index (χ1) is 10.2. The second-order valence-corrected chi connectivity index (χ2v) is 7.63. The van der Waals surface area contributed by atoms with Crippen LogP contribution in [0.3, 0.4) is 0 Å². The van der Waals surface area contributed by atoms with E-state index in [0.29, 0.717) is 6.04 Å². The molecule has 5 heteroatoms. The molecule has 3 rings (SSSR count). The number of nitrogens with one attached hydrogen (secondary N) is 1. The monoisotopic (exact) mass is 308 g/mol. The number of nitrogens with zero attached hydrogens (tertiary/aromatic N) is 3. The molecule has 2 aliphatic heterocycles. The minimum atomic E-state index is 0.524. The molecule has 118 valence electrons. The van der Waals surface area contributed by atoms with Gasteiger partial charge in [0, 0.05) is 37.1 Å². The molecule has 0 bridgehead atoms. The van der Waals surface area contributed by atoms with Gasteiger partial charge in [0.1, 0.15) is 5.01 Å². The van der Waals surface area contributed by atoms with Crippen molar-refractivity contribution in [1.82, 2.24) is 20.1 Å². The molecule has 4 nitrogen and oxygen atoms in total. The molecule has 1 unspecified atom stereocenters. The van der Waals surface area contributed by atoms with Gasteiger partial charge in [0.15, 0.2) is 0 Å². The van der Waals surface area contributed by atoms with E-state index in [9.17, 15) is 0 Å². The van der Waals surface area contributed by atoms with E-state index >= 15 is 0 Å². The Morgan fingerprint density at radius 3 is 3.05 bits per heavy atom. The Kier molecular flexibility index (Phi) is 5.27. The Balaban J connectivity index is 1.53. The summed E-state index contributed by atoms with van der Waals surface area (Å²) in [5, 5.41) is 6.91. The summed E-state index contributed by atoms with van der Waals surface area (Å²) < 4.78 is 0. The van der Waals surface area contributed by atoms with Crippen molar-refractivity contribution in [2.24, 2.45) is 0 Å². The van der Waals surface area contributed by atoms with Crippen molar-refractivity contribution in [2.75, 3.05) is 26.2 Å². The zero-order valence-corrected chi connectivity index (χ0v) is 14.2. The van der Waals surface area contributed by atoms with Crippen molar-refractivity contribution >= 4 is 11.3 Å². The third kappa shape index (κ3) is 4.25. The van der Waals surface area contributed by atoms with Gasteiger partial charge in [-0.05, 0) is 38.9 Å². The number of hydrogen-bond acceptors (Lipinski definition) is 5. The van der Waals surface area contributed by atoms with Crippen LogP contribution in [0.2, 0.25) is 0 Å². The van der Waals surface area contributed by atoms with Crippen LogP contribution in [0, 0.1) is 0 Å². The third-order valence-corrected chi connectivity index (χ3v) is 5.43. The summed E-state index contributed by atoms with van der Waals surface area (Å²) in [7, 11) is 0. The molecule has 1 atom stereocenters. The Morgan fingerprint density at radius 2 is 2.19 bits per heavy atom. The maximum Gasteiger partial charge on any atom is 0.107 e. The fourth-order valence-electron chi connectivity index (χ4n) is 3.45. The van der Waals surface area contributed by atoms with E-state index in [-0.39, 0.29) is 0 Å². The molecule has 3 heterocycles. The van der Waals surface area contributed by atoms with E-state index in [1.165, 1.54) is 56.1 Å². The predicted molar refractivity (Wildman–Crippen MR) is 88.6 cm³/mol. The highest BCUT2D eigenvalue weighted by Gasteiger charge is 2.28. The summed E-state index contributed by atoms with van der Waals surface area (Å²) in [6.45, 7) is 11.4. The van der Waals surface area contributed by atoms with Gasteiger partial charge in [0.05, 0.1) is 5.69 Å². The van der Waals surface area contributed by atoms with E-state index < -0.39 is 0 Å². The van der Waals surface area contributed by atoms with E-state index in [0.717, 1.165) is 19.1 Å². The lowest BCUT2D eigenvalue weighted by Crippen LogP contribution is -2.36.